The van der Waals surface area contributed by atoms with Crippen LogP contribution in [0.5, 0.6) is 0 Å². The minimum atomic E-state index is -1.03. The first-order valence-electron chi connectivity index (χ1n) is 6.84. The zero-order valence-corrected chi connectivity index (χ0v) is 11.2. The summed E-state index contributed by atoms with van der Waals surface area (Å²) < 4.78 is 0. The summed E-state index contributed by atoms with van der Waals surface area (Å²) in [6.45, 7) is 2.12. The molecule has 1 aliphatic carbocycles. The van der Waals surface area contributed by atoms with Gasteiger partial charge in [0.05, 0.1) is 5.69 Å². The Kier molecular flexibility index (Phi) is 4.24. The van der Waals surface area contributed by atoms with E-state index in [-0.39, 0.29) is 11.7 Å². The zero-order chi connectivity index (χ0) is 13.8. The lowest BCUT2D eigenvalue weighted by Crippen LogP contribution is -2.28. The molecule has 1 aromatic heterocycles. The number of nitrogen functional groups attached to an aromatic ring is 1. The van der Waals surface area contributed by atoms with Gasteiger partial charge in [-0.2, -0.15) is 0 Å². The summed E-state index contributed by atoms with van der Waals surface area (Å²) in [4.78, 5) is 15.0. The highest BCUT2D eigenvalue weighted by Crippen LogP contribution is 2.28. The molecule has 1 aromatic rings. The molecule has 19 heavy (non-hydrogen) atoms. The second kappa shape index (κ2) is 5.91. The van der Waals surface area contributed by atoms with Gasteiger partial charge >= 0.3 is 5.97 Å². The van der Waals surface area contributed by atoms with E-state index in [1.165, 1.54) is 38.2 Å². The van der Waals surface area contributed by atoms with Crippen molar-refractivity contribution in [1.29, 1.82) is 0 Å². The van der Waals surface area contributed by atoms with Crippen LogP contribution in [0.4, 0.5) is 11.5 Å². The topological polar surface area (TPSA) is 88.2 Å². The Hall–Kier alpha value is -1.78. The van der Waals surface area contributed by atoms with Gasteiger partial charge in [-0.3, -0.25) is 0 Å². The third-order valence-corrected chi connectivity index (χ3v) is 3.87. The summed E-state index contributed by atoms with van der Waals surface area (Å²) in [7, 11) is 0. The second-order valence-electron chi connectivity index (χ2n) is 5.27. The molecular weight excluding hydrogens is 242 g/mol. The number of nitrogens with one attached hydrogen (secondary N) is 1. The third kappa shape index (κ3) is 3.36. The fourth-order valence-electron chi connectivity index (χ4n) is 2.67. The summed E-state index contributed by atoms with van der Waals surface area (Å²) in [5.74, 6) is 0.0646. The normalized spacial score (nSPS) is 17.9. The molecule has 5 heteroatoms. The average Bonchev–Trinajstić information content (AvgIpc) is 2.42. The molecule has 0 aromatic carbocycles. The number of carboxylic acid groups (broad SMARTS) is 1. The molecule has 0 radical (unpaired) electrons. The number of aromatic carboxylic acids is 1. The van der Waals surface area contributed by atoms with E-state index in [1.807, 2.05) is 0 Å². The lowest BCUT2D eigenvalue weighted by molar-refractivity contribution is 0.0690. The number of carbonyl (C=O) groups is 1. The van der Waals surface area contributed by atoms with Gasteiger partial charge in [-0.25, -0.2) is 9.78 Å². The Balaban J connectivity index is 2.08. The van der Waals surface area contributed by atoms with Crippen LogP contribution in [0.3, 0.4) is 0 Å². The van der Waals surface area contributed by atoms with Crippen molar-refractivity contribution in [3.05, 3.63) is 17.8 Å². The van der Waals surface area contributed by atoms with Gasteiger partial charge < -0.3 is 16.2 Å². The predicted octanol–water partition coefficient (Wildman–Crippen LogP) is 2.74. The fraction of sp³-hybridized carbons (Fsp3) is 0.571. The fourth-order valence-corrected chi connectivity index (χ4v) is 2.67. The van der Waals surface area contributed by atoms with Crippen LogP contribution >= 0.6 is 0 Å². The Morgan fingerprint density at radius 2 is 2.11 bits per heavy atom. The standard InChI is InChI=1S/C14H21N3O2/c1-9(10-5-3-2-4-6-10)16-13-11(15)7-8-12(17-13)14(18)19/h7-10H,2-6,15H2,1H3,(H,16,17)(H,18,19). The van der Waals surface area contributed by atoms with Crippen molar-refractivity contribution in [3.8, 4) is 0 Å². The molecule has 5 nitrogen and oxygen atoms in total. The van der Waals surface area contributed by atoms with Crippen LogP contribution in [0, 0.1) is 5.92 Å². The predicted molar refractivity (Wildman–Crippen MR) is 75.3 cm³/mol. The summed E-state index contributed by atoms with van der Waals surface area (Å²) in [6, 6.07) is 3.28. The van der Waals surface area contributed by atoms with Crippen LogP contribution in [0.15, 0.2) is 12.1 Å². The number of rotatable bonds is 4. The molecule has 2 rings (SSSR count). The van der Waals surface area contributed by atoms with Gasteiger partial charge in [0.25, 0.3) is 0 Å². The Morgan fingerprint density at radius 3 is 2.74 bits per heavy atom. The number of pyridine rings is 1. The number of aromatic nitrogens is 1. The van der Waals surface area contributed by atoms with Crippen LogP contribution in [0.2, 0.25) is 0 Å². The molecule has 1 fully saturated rings. The first-order valence-corrected chi connectivity index (χ1v) is 6.84. The minimum Gasteiger partial charge on any atom is -0.477 e. The van der Waals surface area contributed by atoms with Gasteiger partial charge in [0, 0.05) is 6.04 Å². The van der Waals surface area contributed by atoms with E-state index in [9.17, 15) is 4.79 Å². The van der Waals surface area contributed by atoms with Gasteiger partial charge in [-0.15, -0.1) is 0 Å². The van der Waals surface area contributed by atoms with E-state index < -0.39 is 5.97 Å². The van der Waals surface area contributed by atoms with Crippen molar-refractivity contribution in [3.63, 3.8) is 0 Å². The highest BCUT2D eigenvalue weighted by molar-refractivity contribution is 5.86. The molecule has 0 saturated heterocycles. The van der Waals surface area contributed by atoms with E-state index in [1.54, 1.807) is 6.07 Å². The van der Waals surface area contributed by atoms with Crippen LogP contribution in [-0.2, 0) is 0 Å². The lowest BCUT2D eigenvalue weighted by Gasteiger charge is -2.29. The summed E-state index contributed by atoms with van der Waals surface area (Å²) in [6.07, 6.45) is 6.29. The summed E-state index contributed by atoms with van der Waals surface area (Å²) in [5.41, 5.74) is 6.36. The minimum absolute atomic E-state index is 0.0209. The third-order valence-electron chi connectivity index (χ3n) is 3.87. The average molecular weight is 263 g/mol. The Labute approximate surface area is 113 Å². The molecule has 1 aliphatic rings. The molecule has 1 heterocycles. The number of hydrogen-bond donors (Lipinski definition) is 3. The number of nitrogens with zero attached hydrogens (tertiary/aromatic N) is 1. The summed E-state index contributed by atoms with van der Waals surface area (Å²) in [5, 5.41) is 12.2. The van der Waals surface area contributed by atoms with E-state index in [0.29, 0.717) is 17.4 Å². The van der Waals surface area contributed by atoms with Gasteiger partial charge in [0.1, 0.15) is 5.82 Å². The molecule has 0 aliphatic heterocycles. The van der Waals surface area contributed by atoms with Crippen molar-refractivity contribution in [2.75, 3.05) is 11.1 Å². The molecule has 1 atom stereocenters. The van der Waals surface area contributed by atoms with Crippen molar-refractivity contribution in [2.45, 2.75) is 45.1 Å². The first-order chi connectivity index (χ1) is 9.08. The largest absolute Gasteiger partial charge is 0.477 e. The quantitative estimate of drug-likeness (QED) is 0.777. The van der Waals surface area contributed by atoms with E-state index >= 15 is 0 Å². The van der Waals surface area contributed by atoms with Gasteiger partial charge in [0.15, 0.2) is 5.69 Å². The number of anilines is 2. The van der Waals surface area contributed by atoms with Crippen molar-refractivity contribution in [1.82, 2.24) is 4.98 Å². The Bertz CT molecular complexity index is 456. The van der Waals surface area contributed by atoms with E-state index in [4.69, 9.17) is 10.8 Å². The lowest BCUT2D eigenvalue weighted by atomic mass is 9.84. The van der Waals surface area contributed by atoms with Crippen LogP contribution < -0.4 is 11.1 Å². The highest BCUT2D eigenvalue weighted by Gasteiger charge is 2.21. The van der Waals surface area contributed by atoms with Crippen molar-refractivity contribution in [2.24, 2.45) is 5.92 Å². The van der Waals surface area contributed by atoms with Crippen LogP contribution in [0.25, 0.3) is 0 Å². The molecule has 0 amide bonds. The number of nitrogens with two attached hydrogens (primary N) is 1. The Morgan fingerprint density at radius 1 is 1.42 bits per heavy atom. The SMILES string of the molecule is CC(Nc1nc(C(=O)O)ccc1N)C1CCCCC1. The molecule has 1 unspecified atom stereocenters. The second-order valence-corrected chi connectivity index (χ2v) is 5.27. The van der Waals surface area contributed by atoms with E-state index in [2.05, 4.69) is 17.2 Å². The maximum atomic E-state index is 10.9. The smallest absolute Gasteiger partial charge is 0.354 e. The zero-order valence-electron chi connectivity index (χ0n) is 11.2. The first kappa shape index (κ1) is 13.6. The van der Waals surface area contributed by atoms with Crippen molar-refractivity contribution < 1.29 is 9.90 Å². The molecule has 4 N–H and O–H groups in total. The van der Waals surface area contributed by atoms with Gasteiger partial charge in [0.2, 0.25) is 0 Å². The van der Waals surface area contributed by atoms with Crippen LogP contribution in [0.1, 0.15) is 49.5 Å². The summed E-state index contributed by atoms with van der Waals surface area (Å²) >= 11 is 0. The van der Waals surface area contributed by atoms with E-state index in [0.717, 1.165) is 0 Å². The molecule has 0 spiro atoms. The molecule has 1 saturated carbocycles. The maximum absolute atomic E-state index is 10.9. The molecular formula is C14H21N3O2. The van der Waals surface area contributed by atoms with Crippen molar-refractivity contribution >= 4 is 17.5 Å². The monoisotopic (exact) mass is 263 g/mol. The van der Waals surface area contributed by atoms with Crippen LogP contribution in [-0.4, -0.2) is 22.1 Å². The maximum Gasteiger partial charge on any atom is 0.354 e. The highest BCUT2D eigenvalue weighted by atomic mass is 16.4. The molecule has 0 bridgehead atoms. The van der Waals surface area contributed by atoms with Gasteiger partial charge in [-0.05, 0) is 37.8 Å². The number of hydrogen-bond acceptors (Lipinski definition) is 4. The number of carboxylic acids is 1. The van der Waals surface area contributed by atoms with Gasteiger partial charge in [-0.1, -0.05) is 19.3 Å². The molecule has 104 valence electrons.